The largest absolute Gasteiger partial charge is 0.351 e. The molecule has 0 spiro atoms. The van der Waals surface area contributed by atoms with E-state index in [-0.39, 0.29) is 16.9 Å². The SMILES string of the molecule is C=Cc1ccc(C(C)(C)CC(C)(C)NC(C)=O)cc1C=C. The molecule has 0 unspecified atom stereocenters. The van der Waals surface area contributed by atoms with Gasteiger partial charge in [0.2, 0.25) is 5.91 Å². The highest BCUT2D eigenvalue weighted by Gasteiger charge is 2.30. The zero-order chi connectivity index (χ0) is 16.3. The van der Waals surface area contributed by atoms with E-state index < -0.39 is 0 Å². The van der Waals surface area contributed by atoms with Crippen molar-refractivity contribution in [2.75, 3.05) is 0 Å². The van der Waals surface area contributed by atoms with Crippen molar-refractivity contribution in [2.24, 2.45) is 0 Å². The molecule has 2 nitrogen and oxygen atoms in total. The number of hydrogen-bond acceptors (Lipinski definition) is 1. The minimum absolute atomic E-state index is 0.00425. The van der Waals surface area contributed by atoms with Gasteiger partial charge in [-0.15, -0.1) is 0 Å². The first kappa shape index (κ1) is 17.2. The number of benzene rings is 1. The molecule has 1 aromatic rings. The minimum Gasteiger partial charge on any atom is -0.351 e. The van der Waals surface area contributed by atoms with E-state index >= 15 is 0 Å². The maximum absolute atomic E-state index is 11.3. The van der Waals surface area contributed by atoms with E-state index in [4.69, 9.17) is 0 Å². The number of amides is 1. The van der Waals surface area contributed by atoms with Crippen LogP contribution in [-0.2, 0) is 10.2 Å². The average molecular weight is 285 g/mol. The van der Waals surface area contributed by atoms with Gasteiger partial charge in [-0.2, -0.15) is 0 Å². The number of carbonyl (C=O) groups is 1. The summed E-state index contributed by atoms with van der Waals surface area (Å²) in [7, 11) is 0. The molecule has 0 saturated carbocycles. The predicted molar refractivity (Wildman–Crippen MR) is 92.2 cm³/mol. The summed E-state index contributed by atoms with van der Waals surface area (Å²) in [4.78, 5) is 11.3. The van der Waals surface area contributed by atoms with Gasteiger partial charge < -0.3 is 5.32 Å². The smallest absolute Gasteiger partial charge is 0.217 e. The summed E-state index contributed by atoms with van der Waals surface area (Å²) >= 11 is 0. The second-order valence-electron chi connectivity index (χ2n) is 6.88. The van der Waals surface area contributed by atoms with Crippen molar-refractivity contribution in [3.8, 4) is 0 Å². The molecule has 2 heteroatoms. The third-order valence-corrected chi connectivity index (χ3v) is 3.71. The molecule has 21 heavy (non-hydrogen) atoms. The van der Waals surface area contributed by atoms with Gasteiger partial charge in [0.05, 0.1) is 0 Å². The van der Waals surface area contributed by atoms with Gasteiger partial charge in [0, 0.05) is 12.5 Å². The Morgan fingerprint density at radius 2 is 1.71 bits per heavy atom. The molecule has 0 aliphatic carbocycles. The van der Waals surface area contributed by atoms with Crippen LogP contribution in [-0.4, -0.2) is 11.4 Å². The summed E-state index contributed by atoms with van der Waals surface area (Å²) < 4.78 is 0. The van der Waals surface area contributed by atoms with E-state index in [0.717, 1.165) is 17.5 Å². The van der Waals surface area contributed by atoms with Crippen LogP contribution < -0.4 is 5.32 Å². The van der Waals surface area contributed by atoms with Crippen molar-refractivity contribution in [3.05, 3.63) is 48.0 Å². The maximum atomic E-state index is 11.3. The van der Waals surface area contributed by atoms with Crippen LogP contribution in [0.15, 0.2) is 31.4 Å². The molecule has 0 aliphatic heterocycles. The molecule has 0 aliphatic rings. The molecule has 0 radical (unpaired) electrons. The van der Waals surface area contributed by atoms with Gasteiger partial charge in [0.15, 0.2) is 0 Å². The molecule has 1 N–H and O–H groups in total. The van der Waals surface area contributed by atoms with Crippen LogP contribution in [0.1, 0.15) is 57.7 Å². The molecule has 0 saturated heterocycles. The Morgan fingerprint density at radius 3 is 2.19 bits per heavy atom. The summed E-state index contributed by atoms with van der Waals surface area (Å²) in [6.07, 6.45) is 4.55. The fourth-order valence-corrected chi connectivity index (χ4v) is 3.09. The van der Waals surface area contributed by atoms with E-state index in [9.17, 15) is 4.79 Å². The van der Waals surface area contributed by atoms with Crippen molar-refractivity contribution < 1.29 is 4.79 Å². The lowest BCUT2D eigenvalue weighted by molar-refractivity contribution is -0.120. The molecule has 0 atom stereocenters. The molecule has 1 amide bonds. The lowest BCUT2D eigenvalue weighted by Crippen LogP contribution is -2.46. The highest BCUT2D eigenvalue weighted by Crippen LogP contribution is 2.33. The molecule has 0 bridgehead atoms. The molecule has 114 valence electrons. The Labute approximate surface area is 129 Å². The van der Waals surface area contributed by atoms with E-state index in [1.165, 1.54) is 5.56 Å². The average Bonchev–Trinajstić information content (AvgIpc) is 2.34. The Kier molecular flexibility index (Phi) is 5.16. The van der Waals surface area contributed by atoms with E-state index in [2.05, 4.69) is 64.4 Å². The topological polar surface area (TPSA) is 29.1 Å². The molecule has 0 fully saturated rings. The van der Waals surface area contributed by atoms with E-state index in [1.54, 1.807) is 6.92 Å². The van der Waals surface area contributed by atoms with Crippen LogP contribution in [0.3, 0.4) is 0 Å². The minimum atomic E-state index is -0.249. The fraction of sp³-hybridized carbons (Fsp3) is 0.421. The lowest BCUT2D eigenvalue weighted by atomic mass is 9.74. The Morgan fingerprint density at radius 1 is 1.14 bits per heavy atom. The van der Waals surface area contributed by atoms with Crippen molar-refractivity contribution in [1.82, 2.24) is 5.32 Å². The maximum Gasteiger partial charge on any atom is 0.217 e. The van der Waals surface area contributed by atoms with Crippen LogP contribution >= 0.6 is 0 Å². The molecule has 0 heterocycles. The van der Waals surface area contributed by atoms with E-state index in [0.29, 0.717) is 0 Å². The van der Waals surface area contributed by atoms with Gasteiger partial charge in [-0.1, -0.05) is 57.4 Å². The van der Waals surface area contributed by atoms with E-state index in [1.807, 2.05) is 12.2 Å². The second kappa shape index (κ2) is 6.30. The molecule has 1 aromatic carbocycles. The van der Waals surface area contributed by atoms with Crippen molar-refractivity contribution in [1.29, 1.82) is 0 Å². The van der Waals surface area contributed by atoms with Gasteiger partial charge in [-0.3, -0.25) is 4.79 Å². The standard InChI is InChI=1S/C19H27NO/c1-8-15-10-11-17(12-16(15)9-2)18(4,5)13-19(6,7)20-14(3)21/h8-12H,1-2,13H2,3-7H3,(H,20,21). The highest BCUT2D eigenvalue weighted by molar-refractivity contribution is 5.73. The fourth-order valence-electron chi connectivity index (χ4n) is 3.09. The second-order valence-corrected chi connectivity index (χ2v) is 6.88. The normalized spacial score (nSPS) is 11.9. The first-order valence-electron chi connectivity index (χ1n) is 7.29. The lowest BCUT2D eigenvalue weighted by Gasteiger charge is -2.36. The zero-order valence-corrected chi connectivity index (χ0v) is 13.9. The summed E-state index contributed by atoms with van der Waals surface area (Å²) in [5.74, 6) is 0.00425. The van der Waals surface area contributed by atoms with Crippen LogP contribution in [0.4, 0.5) is 0 Å². The van der Waals surface area contributed by atoms with Crippen LogP contribution in [0.25, 0.3) is 12.2 Å². The Hall–Kier alpha value is -1.83. The quantitative estimate of drug-likeness (QED) is 0.816. The zero-order valence-electron chi connectivity index (χ0n) is 13.9. The van der Waals surface area contributed by atoms with Crippen molar-refractivity contribution in [2.45, 2.75) is 52.0 Å². The summed E-state index contributed by atoms with van der Waals surface area (Å²) in [6, 6.07) is 6.37. The molecular formula is C19H27NO. The van der Waals surface area contributed by atoms with Gasteiger partial charge in [0.25, 0.3) is 0 Å². The van der Waals surface area contributed by atoms with Gasteiger partial charge in [0.1, 0.15) is 0 Å². The number of rotatable bonds is 6. The van der Waals surface area contributed by atoms with Crippen LogP contribution in [0, 0.1) is 0 Å². The van der Waals surface area contributed by atoms with Crippen molar-refractivity contribution in [3.63, 3.8) is 0 Å². The Balaban J connectivity index is 3.10. The Bertz CT molecular complexity index is 553. The van der Waals surface area contributed by atoms with Crippen molar-refractivity contribution >= 4 is 18.1 Å². The number of hydrogen-bond donors (Lipinski definition) is 1. The van der Waals surface area contributed by atoms with Crippen LogP contribution in [0.5, 0.6) is 0 Å². The first-order valence-corrected chi connectivity index (χ1v) is 7.29. The summed E-state index contributed by atoms with van der Waals surface area (Å²) in [5, 5.41) is 3.02. The van der Waals surface area contributed by atoms with Gasteiger partial charge >= 0.3 is 0 Å². The first-order chi connectivity index (χ1) is 9.61. The molecule has 1 rings (SSSR count). The monoisotopic (exact) mass is 285 g/mol. The molecule has 0 aromatic heterocycles. The van der Waals surface area contributed by atoms with Crippen LogP contribution in [0.2, 0.25) is 0 Å². The summed E-state index contributed by atoms with van der Waals surface area (Å²) in [5.41, 5.74) is 3.12. The number of nitrogens with one attached hydrogen (secondary N) is 1. The third-order valence-electron chi connectivity index (χ3n) is 3.71. The summed E-state index contributed by atoms with van der Waals surface area (Å²) in [6.45, 7) is 17.8. The third kappa shape index (κ3) is 4.59. The van der Waals surface area contributed by atoms with Gasteiger partial charge in [-0.05, 0) is 42.4 Å². The molecular weight excluding hydrogens is 258 g/mol. The van der Waals surface area contributed by atoms with Gasteiger partial charge in [-0.25, -0.2) is 0 Å². The predicted octanol–water partition coefficient (Wildman–Crippen LogP) is 4.56. The highest BCUT2D eigenvalue weighted by atomic mass is 16.1. The number of carbonyl (C=O) groups excluding carboxylic acids is 1.